The Morgan fingerprint density at radius 2 is 2.33 bits per heavy atom. The minimum atomic E-state index is -0.403. The number of aromatic amines is 1. The number of fused-ring (bicyclic) bond motifs is 1. The summed E-state index contributed by atoms with van der Waals surface area (Å²) in [5.41, 5.74) is 7.93. The van der Waals surface area contributed by atoms with Crippen molar-refractivity contribution in [1.82, 2.24) is 9.55 Å². The first kappa shape index (κ1) is 9.95. The molecule has 1 unspecified atom stereocenters. The van der Waals surface area contributed by atoms with E-state index in [1.54, 1.807) is 19.2 Å². The van der Waals surface area contributed by atoms with Crippen molar-refractivity contribution in [3.05, 3.63) is 34.2 Å². The van der Waals surface area contributed by atoms with E-state index >= 15 is 0 Å². The smallest absolute Gasteiger partial charge is 0.326 e. The monoisotopic (exact) mass is 207 g/mol. The van der Waals surface area contributed by atoms with E-state index in [-0.39, 0.29) is 12.3 Å². The lowest BCUT2D eigenvalue weighted by molar-refractivity contribution is 0.268. The van der Waals surface area contributed by atoms with Gasteiger partial charge in [-0.05, 0) is 17.7 Å². The van der Waals surface area contributed by atoms with Crippen LogP contribution in [0.2, 0.25) is 0 Å². The minimum absolute atomic E-state index is 0.107. The van der Waals surface area contributed by atoms with Gasteiger partial charge in [-0.15, -0.1) is 0 Å². The molecular weight excluding hydrogens is 194 g/mol. The number of aliphatic hydroxyl groups excluding tert-OH is 1. The van der Waals surface area contributed by atoms with Crippen LogP contribution in [-0.4, -0.2) is 21.3 Å². The van der Waals surface area contributed by atoms with Crippen molar-refractivity contribution >= 4 is 11.0 Å². The second-order valence-electron chi connectivity index (χ2n) is 3.55. The highest BCUT2D eigenvalue weighted by Gasteiger charge is 2.08. The first-order valence-electron chi connectivity index (χ1n) is 4.68. The zero-order valence-corrected chi connectivity index (χ0v) is 8.40. The van der Waals surface area contributed by atoms with Crippen LogP contribution in [-0.2, 0) is 7.05 Å². The standard InChI is InChI=1S/C10H13N3O2/c1-13-9-4-6(7(11)5-14)2-3-8(9)12-10(13)15/h2-4,7,14H,5,11H2,1H3,(H,12,15). The predicted molar refractivity (Wildman–Crippen MR) is 57.6 cm³/mol. The number of hydrogen-bond acceptors (Lipinski definition) is 3. The molecule has 2 rings (SSSR count). The molecule has 0 aliphatic heterocycles. The number of rotatable bonds is 2. The van der Waals surface area contributed by atoms with Crippen molar-refractivity contribution in [2.75, 3.05) is 6.61 Å². The average molecular weight is 207 g/mol. The van der Waals surface area contributed by atoms with Crippen molar-refractivity contribution in [2.45, 2.75) is 6.04 Å². The van der Waals surface area contributed by atoms with Gasteiger partial charge in [0.2, 0.25) is 0 Å². The second kappa shape index (κ2) is 3.52. The van der Waals surface area contributed by atoms with Crippen LogP contribution in [0.4, 0.5) is 0 Å². The molecule has 1 aromatic heterocycles. The Morgan fingerprint density at radius 3 is 3.00 bits per heavy atom. The molecule has 5 nitrogen and oxygen atoms in total. The van der Waals surface area contributed by atoms with Gasteiger partial charge in [-0.2, -0.15) is 0 Å². The molecule has 1 heterocycles. The van der Waals surface area contributed by atoms with Gasteiger partial charge < -0.3 is 15.8 Å². The van der Waals surface area contributed by atoms with Gasteiger partial charge in [0.25, 0.3) is 0 Å². The van der Waals surface area contributed by atoms with Crippen LogP contribution < -0.4 is 11.4 Å². The Bertz CT molecular complexity index is 541. The highest BCUT2D eigenvalue weighted by atomic mass is 16.3. The SMILES string of the molecule is Cn1c(=O)[nH]c2ccc(C(N)CO)cc21. The summed E-state index contributed by atoms with van der Waals surface area (Å²) in [7, 11) is 1.69. The van der Waals surface area contributed by atoms with E-state index in [2.05, 4.69) is 4.98 Å². The topological polar surface area (TPSA) is 84.0 Å². The van der Waals surface area contributed by atoms with Gasteiger partial charge in [-0.3, -0.25) is 4.57 Å². The number of H-pyrrole nitrogens is 1. The number of aromatic nitrogens is 2. The fourth-order valence-corrected chi connectivity index (χ4v) is 1.58. The van der Waals surface area contributed by atoms with Crippen LogP contribution in [0, 0.1) is 0 Å². The Morgan fingerprint density at radius 1 is 1.60 bits per heavy atom. The summed E-state index contributed by atoms with van der Waals surface area (Å²) >= 11 is 0. The van der Waals surface area contributed by atoms with Gasteiger partial charge in [-0.1, -0.05) is 6.07 Å². The summed E-state index contributed by atoms with van der Waals surface area (Å²) in [4.78, 5) is 14.0. The van der Waals surface area contributed by atoms with Crippen LogP contribution in [0.15, 0.2) is 23.0 Å². The summed E-state index contributed by atoms with van der Waals surface area (Å²) < 4.78 is 1.52. The molecule has 0 fully saturated rings. The molecule has 0 amide bonds. The zero-order chi connectivity index (χ0) is 11.0. The molecule has 0 saturated heterocycles. The zero-order valence-electron chi connectivity index (χ0n) is 8.40. The molecule has 0 radical (unpaired) electrons. The third-order valence-corrected chi connectivity index (χ3v) is 2.55. The molecule has 1 aromatic carbocycles. The quantitative estimate of drug-likeness (QED) is 0.640. The van der Waals surface area contributed by atoms with E-state index in [1.807, 2.05) is 6.07 Å². The summed E-state index contributed by atoms with van der Waals surface area (Å²) in [6, 6.07) is 5.01. The van der Waals surface area contributed by atoms with E-state index in [9.17, 15) is 4.79 Å². The summed E-state index contributed by atoms with van der Waals surface area (Å²) in [6.45, 7) is -0.107. The van der Waals surface area contributed by atoms with Crippen LogP contribution >= 0.6 is 0 Å². The highest BCUT2D eigenvalue weighted by molar-refractivity contribution is 5.76. The molecule has 0 saturated carbocycles. The van der Waals surface area contributed by atoms with Gasteiger partial charge in [0, 0.05) is 7.05 Å². The number of hydrogen-bond donors (Lipinski definition) is 3. The molecule has 15 heavy (non-hydrogen) atoms. The summed E-state index contributed by atoms with van der Waals surface area (Å²) in [5, 5.41) is 8.93. The Kier molecular flexibility index (Phi) is 2.34. The van der Waals surface area contributed by atoms with Crippen LogP contribution in [0.25, 0.3) is 11.0 Å². The van der Waals surface area contributed by atoms with Crippen molar-refractivity contribution in [2.24, 2.45) is 12.8 Å². The minimum Gasteiger partial charge on any atom is -0.394 e. The van der Waals surface area contributed by atoms with Gasteiger partial charge in [0.05, 0.1) is 23.7 Å². The molecule has 0 aliphatic carbocycles. The lowest BCUT2D eigenvalue weighted by Crippen LogP contribution is -2.14. The third kappa shape index (κ3) is 1.55. The van der Waals surface area contributed by atoms with Gasteiger partial charge >= 0.3 is 5.69 Å². The number of aliphatic hydroxyl groups is 1. The maximum Gasteiger partial charge on any atom is 0.326 e. The Balaban J connectivity index is 2.64. The molecule has 2 aromatic rings. The predicted octanol–water partition coefficient (Wildman–Crippen LogP) is -0.141. The lowest BCUT2D eigenvalue weighted by Gasteiger charge is -2.08. The van der Waals surface area contributed by atoms with Crippen molar-refractivity contribution < 1.29 is 5.11 Å². The fourth-order valence-electron chi connectivity index (χ4n) is 1.58. The largest absolute Gasteiger partial charge is 0.394 e. The normalized spacial score (nSPS) is 13.3. The van der Waals surface area contributed by atoms with Gasteiger partial charge in [0.15, 0.2) is 0 Å². The first-order chi connectivity index (χ1) is 7.13. The van der Waals surface area contributed by atoms with Crippen molar-refractivity contribution in [3.63, 3.8) is 0 Å². The van der Waals surface area contributed by atoms with Crippen LogP contribution in [0.3, 0.4) is 0 Å². The van der Waals surface area contributed by atoms with E-state index in [1.165, 1.54) is 4.57 Å². The number of nitrogens with one attached hydrogen (secondary N) is 1. The average Bonchev–Trinajstić information content (AvgIpc) is 2.54. The van der Waals surface area contributed by atoms with E-state index in [4.69, 9.17) is 10.8 Å². The molecule has 80 valence electrons. The lowest BCUT2D eigenvalue weighted by atomic mass is 10.1. The molecular formula is C10H13N3O2. The number of nitrogens with zero attached hydrogens (tertiary/aromatic N) is 1. The van der Waals surface area contributed by atoms with Crippen molar-refractivity contribution in [3.8, 4) is 0 Å². The molecule has 0 spiro atoms. The van der Waals surface area contributed by atoms with E-state index in [0.29, 0.717) is 0 Å². The van der Waals surface area contributed by atoms with Crippen LogP contribution in [0.1, 0.15) is 11.6 Å². The van der Waals surface area contributed by atoms with Gasteiger partial charge in [-0.25, -0.2) is 4.79 Å². The first-order valence-corrected chi connectivity index (χ1v) is 4.68. The van der Waals surface area contributed by atoms with Crippen molar-refractivity contribution in [1.29, 1.82) is 0 Å². The third-order valence-electron chi connectivity index (χ3n) is 2.55. The maximum absolute atomic E-state index is 11.3. The Labute approximate surface area is 86.1 Å². The van der Waals surface area contributed by atoms with Crippen LogP contribution in [0.5, 0.6) is 0 Å². The second-order valence-corrected chi connectivity index (χ2v) is 3.55. The summed E-state index contributed by atoms with van der Waals surface area (Å²) in [6.07, 6.45) is 0. The fraction of sp³-hybridized carbons (Fsp3) is 0.300. The van der Waals surface area contributed by atoms with E-state index < -0.39 is 6.04 Å². The number of nitrogens with two attached hydrogens (primary N) is 1. The maximum atomic E-state index is 11.3. The Hall–Kier alpha value is -1.59. The summed E-state index contributed by atoms with van der Waals surface area (Å²) in [5.74, 6) is 0. The number of imidazole rings is 1. The highest BCUT2D eigenvalue weighted by Crippen LogP contribution is 2.16. The molecule has 1 atom stereocenters. The molecule has 0 bridgehead atoms. The molecule has 5 heteroatoms. The number of aryl methyl sites for hydroxylation is 1. The molecule has 4 N–H and O–H groups in total. The molecule has 0 aliphatic rings. The number of benzene rings is 1. The van der Waals surface area contributed by atoms with E-state index in [0.717, 1.165) is 16.6 Å². The van der Waals surface area contributed by atoms with Gasteiger partial charge in [0.1, 0.15) is 0 Å².